The molecule has 3 rings (SSSR count). The van der Waals surface area contributed by atoms with Crippen molar-refractivity contribution in [1.82, 2.24) is 9.88 Å². The van der Waals surface area contributed by atoms with Crippen LogP contribution in [0.3, 0.4) is 0 Å². The first-order valence-electron chi connectivity index (χ1n) is 6.78. The number of carbonyl (C=O) groups is 2. The number of carbonyl (C=O) groups excluding carboxylic acids is 1. The van der Waals surface area contributed by atoms with Crippen molar-refractivity contribution in [3.63, 3.8) is 0 Å². The Morgan fingerprint density at radius 2 is 1.95 bits per heavy atom. The summed E-state index contributed by atoms with van der Waals surface area (Å²) in [6.07, 6.45) is 3.13. The van der Waals surface area contributed by atoms with Crippen molar-refractivity contribution in [2.24, 2.45) is 0 Å². The average molecular weight is 317 g/mol. The van der Waals surface area contributed by atoms with E-state index in [1.807, 2.05) is 24.3 Å². The van der Waals surface area contributed by atoms with Gasteiger partial charge in [-0.25, -0.2) is 4.79 Å². The molecule has 0 fully saturated rings. The molecule has 0 radical (unpaired) electrons. The zero-order chi connectivity index (χ0) is 15.7. The molecule has 22 heavy (non-hydrogen) atoms. The molecule has 2 heterocycles. The minimum absolute atomic E-state index is 0.218. The molecule has 0 unspecified atom stereocenters. The molecule has 0 saturated carbocycles. The third-order valence-corrected chi connectivity index (χ3v) is 4.10. The number of aliphatic carboxylic acids is 1. The lowest BCUT2D eigenvalue weighted by atomic mass is 9.93. The SMILES string of the molecule is O=C(O)[C@@H]1Cc2ccccc2CN1C(=O)c1ccncc1Cl. The van der Waals surface area contributed by atoms with Crippen LogP contribution in [0.4, 0.5) is 0 Å². The second kappa shape index (κ2) is 5.77. The van der Waals surface area contributed by atoms with Crippen LogP contribution in [0.1, 0.15) is 21.5 Å². The second-order valence-corrected chi connectivity index (χ2v) is 5.52. The lowest BCUT2D eigenvalue weighted by Gasteiger charge is -2.34. The quantitative estimate of drug-likeness (QED) is 0.923. The van der Waals surface area contributed by atoms with E-state index >= 15 is 0 Å². The second-order valence-electron chi connectivity index (χ2n) is 5.12. The van der Waals surface area contributed by atoms with E-state index in [9.17, 15) is 14.7 Å². The van der Waals surface area contributed by atoms with Crippen molar-refractivity contribution in [1.29, 1.82) is 0 Å². The summed E-state index contributed by atoms with van der Waals surface area (Å²) < 4.78 is 0. The van der Waals surface area contributed by atoms with Gasteiger partial charge in [0.15, 0.2) is 0 Å². The van der Waals surface area contributed by atoms with Gasteiger partial charge in [0.1, 0.15) is 6.04 Å². The molecule has 1 aromatic carbocycles. The zero-order valence-corrected chi connectivity index (χ0v) is 12.3. The lowest BCUT2D eigenvalue weighted by molar-refractivity contribution is -0.142. The number of rotatable bonds is 2. The fourth-order valence-corrected chi connectivity index (χ4v) is 2.86. The van der Waals surface area contributed by atoms with Gasteiger partial charge in [-0.2, -0.15) is 0 Å². The van der Waals surface area contributed by atoms with Crippen molar-refractivity contribution in [3.8, 4) is 0 Å². The number of hydrogen-bond donors (Lipinski definition) is 1. The fourth-order valence-electron chi connectivity index (χ4n) is 2.66. The van der Waals surface area contributed by atoms with Crippen LogP contribution in [0, 0.1) is 0 Å². The number of halogens is 1. The summed E-state index contributed by atoms with van der Waals surface area (Å²) in [4.78, 5) is 29.4. The Bertz CT molecular complexity index is 748. The molecule has 1 amide bonds. The molecule has 0 bridgehead atoms. The largest absolute Gasteiger partial charge is 0.480 e. The Balaban J connectivity index is 1.99. The van der Waals surface area contributed by atoms with Gasteiger partial charge < -0.3 is 10.0 Å². The van der Waals surface area contributed by atoms with Crippen LogP contribution in [0.25, 0.3) is 0 Å². The molecule has 0 spiro atoms. The minimum atomic E-state index is -1.02. The average Bonchev–Trinajstić information content (AvgIpc) is 2.53. The minimum Gasteiger partial charge on any atom is -0.480 e. The van der Waals surface area contributed by atoms with Gasteiger partial charge in [0, 0.05) is 25.4 Å². The Morgan fingerprint density at radius 3 is 2.64 bits per heavy atom. The van der Waals surface area contributed by atoms with E-state index in [1.54, 1.807) is 0 Å². The Kier molecular flexibility index (Phi) is 3.81. The molecule has 6 heteroatoms. The van der Waals surface area contributed by atoms with Gasteiger partial charge in [-0.15, -0.1) is 0 Å². The van der Waals surface area contributed by atoms with Crippen LogP contribution in [-0.2, 0) is 17.8 Å². The summed E-state index contributed by atoms with van der Waals surface area (Å²) in [5.41, 5.74) is 2.18. The summed E-state index contributed by atoms with van der Waals surface area (Å²) in [5, 5.41) is 9.68. The normalized spacial score (nSPS) is 17.0. The van der Waals surface area contributed by atoms with Gasteiger partial charge in [0.2, 0.25) is 0 Å². The summed E-state index contributed by atoms with van der Waals surface area (Å²) in [5.74, 6) is -1.41. The number of nitrogens with zero attached hydrogens (tertiary/aromatic N) is 2. The number of hydrogen-bond acceptors (Lipinski definition) is 3. The smallest absolute Gasteiger partial charge is 0.326 e. The maximum Gasteiger partial charge on any atom is 0.326 e. The van der Waals surface area contributed by atoms with E-state index < -0.39 is 17.9 Å². The molecule has 0 aliphatic carbocycles. The highest BCUT2D eigenvalue weighted by Gasteiger charge is 2.35. The maximum absolute atomic E-state index is 12.7. The van der Waals surface area contributed by atoms with Crippen LogP contribution in [0.5, 0.6) is 0 Å². The predicted octanol–water partition coefficient (Wildman–Crippen LogP) is 2.39. The predicted molar refractivity (Wildman–Crippen MR) is 80.7 cm³/mol. The number of aromatic nitrogens is 1. The molecule has 1 aliphatic rings. The zero-order valence-electron chi connectivity index (χ0n) is 11.6. The molecule has 5 nitrogen and oxygen atoms in total. The van der Waals surface area contributed by atoms with Gasteiger partial charge in [-0.3, -0.25) is 9.78 Å². The van der Waals surface area contributed by atoms with E-state index in [1.165, 1.54) is 23.4 Å². The molecule has 1 aromatic heterocycles. The lowest BCUT2D eigenvalue weighted by Crippen LogP contribution is -2.48. The van der Waals surface area contributed by atoms with Crippen molar-refractivity contribution in [3.05, 3.63) is 64.4 Å². The molecule has 112 valence electrons. The van der Waals surface area contributed by atoms with Crippen LogP contribution in [0.15, 0.2) is 42.7 Å². The first-order valence-corrected chi connectivity index (χ1v) is 7.16. The highest BCUT2D eigenvalue weighted by Crippen LogP contribution is 2.26. The van der Waals surface area contributed by atoms with Gasteiger partial charge in [-0.05, 0) is 17.2 Å². The van der Waals surface area contributed by atoms with E-state index in [2.05, 4.69) is 4.98 Å². The summed E-state index contributed by atoms with van der Waals surface area (Å²) >= 11 is 6.01. The van der Waals surface area contributed by atoms with Crippen LogP contribution >= 0.6 is 11.6 Å². The third kappa shape index (κ3) is 2.55. The molecule has 1 aliphatic heterocycles. The third-order valence-electron chi connectivity index (χ3n) is 3.80. The highest BCUT2D eigenvalue weighted by atomic mass is 35.5. The van der Waals surface area contributed by atoms with E-state index in [0.29, 0.717) is 6.42 Å². The highest BCUT2D eigenvalue weighted by molar-refractivity contribution is 6.33. The number of amides is 1. The summed E-state index contributed by atoms with van der Waals surface area (Å²) in [6, 6.07) is 8.15. The van der Waals surface area contributed by atoms with Crippen molar-refractivity contribution < 1.29 is 14.7 Å². The first kappa shape index (κ1) is 14.5. The van der Waals surface area contributed by atoms with Crippen molar-refractivity contribution in [2.75, 3.05) is 0 Å². The molecule has 1 atom stereocenters. The van der Waals surface area contributed by atoms with Gasteiger partial charge >= 0.3 is 5.97 Å². The van der Waals surface area contributed by atoms with Gasteiger partial charge in [0.05, 0.1) is 10.6 Å². The summed E-state index contributed by atoms with van der Waals surface area (Å²) in [6.45, 7) is 0.255. The number of carboxylic acid groups (broad SMARTS) is 1. The monoisotopic (exact) mass is 316 g/mol. The molecule has 2 aromatic rings. The van der Waals surface area contributed by atoms with Crippen LogP contribution < -0.4 is 0 Å². The number of fused-ring (bicyclic) bond motifs is 1. The standard InChI is InChI=1S/C16H13ClN2O3/c17-13-8-18-6-5-12(13)15(20)19-9-11-4-2-1-3-10(11)7-14(19)16(21)22/h1-6,8,14H,7,9H2,(H,21,22)/t14-/m0/s1. The van der Waals surface area contributed by atoms with Crippen molar-refractivity contribution in [2.45, 2.75) is 19.0 Å². The van der Waals surface area contributed by atoms with Crippen LogP contribution in [0.2, 0.25) is 5.02 Å². The van der Waals surface area contributed by atoms with E-state index in [-0.39, 0.29) is 17.1 Å². The number of pyridine rings is 1. The number of carboxylic acids is 1. The summed E-state index contributed by atoms with van der Waals surface area (Å²) in [7, 11) is 0. The van der Waals surface area contributed by atoms with Crippen LogP contribution in [-0.4, -0.2) is 32.9 Å². The fraction of sp³-hybridized carbons (Fsp3) is 0.188. The van der Waals surface area contributed by atoms with E-state index in [4.69, 9.17) is 11.6 Å². The Labute approximate surface area is 132 Å². The topological polar surface area (TPSA) is 70.5 Å². The number of benzene rings is 1. The van der Waals surface area contributed by atoms with Gasteiger partial charge in [-0.1, -0.05) is 35.9 Å². The van der Waals surface area contributed by atoms with Gasteiger partial charge in [0.25, 0.3) is 5.91 Å². The molecule has 0 saturated heterocycles. The Hall–Kier alpha value is -2.40. The molecule has 1 N–H and O–H groups in total. The molecular formula is C16H13ClN2O3. The first-order chi connectivity index (χ1) is 10.6. The molecular weight excluding hydrogens is 304 g/mol. The Morgan fingerprint density at radius 1 is 1.23 bits per heavy atom. The van der Waals surface area contributed by atoms with Crippen molar-refractivity contribution >= 4 is 23.5 Å². The van der Waals surface area contributed by atoms with E-state index in [0.717, 1.165) is 11.1 Å². The maximum atomic E-state index is 12.7.